The first-order valence-corrected chi connectivity index (χ1v) is 10.8. The summed E-state index contributed by atoms with van der Waals surface area (Å²) in [4.78, 5) is 16.5. The number of benzene rings is 2. The average Bonchev–Trinajstić information content (AvgIpc) is 2.73. The van der Waals surface area contributed by atoms with E-state index in [0.29, 0.717) is 6.54 Å². The molecule has 1 fully saturated rings. The van der Waals surface area contributed by atoms with Crippen LogP contribution in [0.15, 0.2) is 53.4 Å². The molecule has 0 radical (unpaired) electrons. The van der Waals surface area contributed by atoms with Crippen molar-refractivity contribution in [3.63, 3.8) is 0 Å². The molecule has 1 aliphatic rings. The third kappa shape index (κ3) is 4.91. The van der Waals surface area contributed by atoms with Gasteiger partial charge in [0.15, 0.2) is 0 Å². The van der Waals surface area contributed by atoms with Crippen LogP contribution in [0.4, 0.5) is 14.5 Å². The van der Waals surface area contributed by atoms with E-state index in [1.165, 1.54) is 12.1 Å². The van der Waals surface area contributed by atoms with Crippen molar-refractivity contribution in [1.82, 2.24) is 10.2 Å². The van der Waals surface area contributed by atoms with E-state index in [1.807, 2.05) is 24.3 Å². The first-order chi connectivity index (χ1) is 13.8. The first-order valence-electron chi connectivity index (χ1n) is 9.21. The zero-order valence-electron chi connectivity index (χ0n) is 16.0. The van der Waals surface area contributed by atoms with Gasteiger partial charge >= 0.3 is 5.76 Å². The molecule has 1 heterocycles. The number of amides is 1. The molecule has 156 valence electrons. The van der Waals surface area contributed by atoms with Gasteiger partial charge in [-0.25, -0.2) is 8.42 Å². The van der Waals surface area contributed by atoms with Gasteiger partial charge in [-0.05, 0) is 42.9 Å². The fourth-order valence-electron chi connectivity index (χ4n) is 3.19. The summed E-state index contributed by atoms with van der Waals surface area (Å²) in [5.41, 5.74) is 2.25. The minimum Gasteiger partial charge on any atom is -0.369 e. The van der Waals surface area contributed by atoms with Gasteiger partial charge in [0.05, 0.1) is 4.90 Å². The molecule has 0 spiro atoms. The topological polar surface area (TPSA) is 69.7 Å². The van der Waals surface area contributed by atoms with Gasteiger partial charge < -0.3 is 15.1 Å². The predicted octanol–water partition coefficient (Wildman–Crippen LogP) is 2.36. The highest BCUT2D eigenvalue weighted by molar-refractivity contribution is 7.91. The maximum atomic E-state index is 12.6. The fraction of sp³-hybridized carbons (Fsp3) is 0.350. The number of piperazine rings is 1. The Hall–Kier alpha value is -2.52. The number of halogens is 2. The molecule has 1 aliphatic heterocycles. The highest BCUT2D eigenvalue weighted by Crippen LogP contribution is 2.22. The van der Waals surface area contributed by atoms with Gasteiger partial charge in [-0.1, -0.05) is 18.2 Å². The van der Waals surface area contributed by atoms with Crippen molar-refractivity contribution in [3.05, 3.63) is 59.7 Å². The zero-order valence-corrected chi connectivity index (χ0v) is 16.8. The Bertz CT molecular complexity index is 957. The molecule has 1 amide bonds. The Labute approximate surface area is 169 Å². The van der Waals surface area contributed by atoms with Crippen molar-refractivity contribution in [2.24, 2.45) is 0 Å². The number of hydrogen-bond acceptors (Lipinski definition) is 5. The number of likely N-dealkylation sites (N-methyl/N-ethyl adjacent to an activating group) is 1. The smallest absolute Gasteiger partial charge is 0.341 e. The first kappa shape index (κ1) is 21.2. The summed E-state index contributed by atoms with van der Waals surface area (Å²) in [5, 5.41) is 2.81. The number of anilines is 1. The Kier molecular flexibility index (Phi) is 6.49. The van der Waals surface area contributed by atoms with Crippen LogP contribution < -0.4 is 10.2 Å². The summed E-state index contributed by atoms with van der Waals surface area (Å²) in [6, 6.07) is 12.4. The van der Waals surface area contributed by atoms with Gasteiger partial charge in [-0.15, -0.1) is 0 Å². The van der Waals surface area contributed by atoms with E-state index in [2.05, 4.69) is 22.2 Å². The summed E-state index contributed by atoms with van der Waals surface area (Å²) in [6.45, 7) is 4.05. The summed E-state index contributed by atoms with van der Waals surface area (Å²) in [6.07, 6.45) is 0. The molecule has 29 heavy (non-hydrogen) atoms. The fourth-order valence-corrected chi connectivity index (χ4v) is 3.91. The van der Waals surface area contributed by atoms with Gasteiger partial charge in [0.2, 0.25) is 9.84 Å². The molecule has 9 heteroatoms. The lowest BCUT2D eigenvalue weighted by Crippen LogP contribution is -2.45. The third-order valence-corrected chi connectivity index (χ3v) is 6.35. The molecule has 0 saturated carbocycles. The van der Waals surface area contributed by atoms with Crippen molar-refractivity contribution >= 4 is 21.4 Å². The second kappa shape index (κ2) is 8.87. The van der Waals surface area contributed by atoms with E-state index in [0.717, 1.165) is 49.6 Å². The molecule has 1 saturated heterocycles. The zero-order chi connectivity index (χ0) is 21.0. The third-order valence-electron chi connectivity index (χ3n) is 4.95. The molecular weight excluding hydrogens is 400 g/mol. The van der Waals surface area contributed by atoms with Crippen LogP contribution in [0.25, 0.3) is 0 Å². The molecule has 0 aliphatic carbocycles. The van der Waals surface area contributed by atoms with Crippen LogP contribution in [-0.2, 0) is 16.4 Å². The van der Waals surface area contributed by atoms with Gasteiger partial charge in [-0.2, -0.15) is 8.78 Å². The van der Waals surface area contributed by atoms with E-state index >= 15 is 0 Å². The van der Waals surface area contributed by atoms with Crippen molar-refractivity contribution in [3.8, 4) is 0 Å². The summed E-state index contributed by atoms with van der Waals surface area (Å²) >= 11 is 0. The normalized spacial score (nSPS) is 15.5. The number of para-hydroxylation sites is 1. The maximum absolute atomic E-state index is 12.6. The number of carbonyl (C=O) groups is 1. The van der Waals surface area contributed by atoms with Gasteiger partial charge in [0, 0.05) is 44.0 Å². The monoisotopic (exact) mass is 423 g/mol. The van der Waals surface area contributed by atoms with E-state index in [-0.39, 0.29) is 5.56 Å². The lowest BCUT2D eigenvalue weighted by Gasteiger charge is -2.35. The number of alkyl halides is 2. The highest BCUT2D eigenvalue weighted by Gasteiger charge is 2.26. The second-order valence-corrected chi connectivity index (χ2v) is 8.85. The number of hydrogen-bond donors (Lipinski definition) is 1. The van der Waals surface area contributed by atoms with Crippen molar-refractivity contribution < 1.29 is 22.0 Å². The van der Waals surface area contributed by atoms with Crippen molar-refractivity contribution in [2.75, 3.05) is 38.1 Å². The number of nitrogens with one attached hydrogen (secondary N) is 1. The highest BCUT2D eigenvalue weighted by atomic mass is 32.2. The molecule has 1 N–H and O–H groups in total. The minimum atomic E-state index is -4.67. The lowest BCUT2D eigenvalue weighted by molar-refractivity contribution is 0.0951. The molecule has 6 nitrogen and oxygen atoms in total. The Morgan fingerprint density at radius 3 is 2.28 bits per heavy atom. The summed E-state index contributed by atoms with van der Waals surface area (Å²) in [7, 11) is -2.59. The van der Waals surface area contributed by atoms with Crippen LogP contribution >= 0.6 is 0 Å². The molecule has 3 rings (SSSR count). The molecule has 2 aromatic rings. The average molecular weight is 423 g/mol. The summed E-state index contributed by atoms with van der Waals surface area (Å²) in [5.74, 6) is -3.90. The molecule has 0 unspecified atom stereocenters. The molecule has 0 atom stereocenters. The Morgan fingerprint density at radius 2 is 1.66 bits per heavy atom. The number of carbonyl (C=O) groups excluding carboxylic acids is 1. The van der Waals surface area contributed by atoms with Gasteiger partial charge in [0.25, 0.3) is 5.91 Å². The van der Waals surface area contributed by atoms with E-state index in [4.69, 9.17) is 0 Å². The minimum absolute atomic E-state index is 0.204. The lowest BCUT2D eigenvalue weighted by atomic mass is 10.1. The number of sulfone groups is 1. The van der Waals surface area contributed by atoms with E-state index < -0.39 is 26.4 Å². The largest absolute Gasteiger partial charge is 0.369 e. The van der Waals surface area contributed by atoms with Crippen molar-refractivity contribution in [2.45, 2.75) is 17.2 Å². The van der Waals surface area contributed by atoms with Crippen LogP contribution in [0.2, 0.25) is 0 Å². The van der Waals surface area contributed by atoms with E-state index in [9.17, 15) is 22.0 Å². The predicted molar refractivity (Wildman–Crippen MR) is 107 cm³/mol. The van der Waals surface area contributed by atoms with Crippen LogP contribution in [0, 0.1) is 0 Å². The maximum Gasteiger partial charge on any atom is 0.341 e. The van der Waals surface area contributed by atoms with E-state index in [1.54, 1.807) is 0 Å². The molecule has 0 bridgehead atoms. The Morgan fingerprint density at radius 1 is 1.03 bits per heavy atom. The van der Waals surface area contributed by atoms with Crippen LogP contribution in [0.3, 0.4) is 0 Å². The number of rotatable bonds is 6. The SMILES string of the molecule is CN1CCN(c2ccccc2CNC(=O)c2ccc(S(=O)(=O)C(F)F)cc2)CC1. The quantitative estimate of drug-likeness (QED) is 0.773. The van der Waals surface area contributed by atoms with Crippen LogP contribution in [0.5, 0.6) is 0 Å². The van der Waals surface area contributed by atoms with Gasteiger partial charge in [-0.3, -0.25) is 4.79 Å². The van der Waals surface area contributed by atoms with Crippen LogP contribution in [-0.4, -0.2) is 58.2 Å². The molecular formula is C20H23F2N3O3S. The molecule has 0 aromatic heterocycles. The van der Waals surface area contributed by atoms with Gasteiger partial charge in [0.1, 0.15) is 0 Å². The van der Waals surface area contributed by atoms with Crippen molar-refractivity contribution in [1.29, 1.82) is 0 Å². The van der Waals surface area contributed by atoms with Crippen LogP contribution in [0.1, 0.15) is 15.9 Å². The Balaban J connectivity index is 1.67. The standard InChI is InChI=1S/C20H23F2N3O3S/c1-24-10-12-25(13-11-24)18-5-3-2-4-16(18)14-23-19(26)15-6-8-17(9-7-15)29(27,28)20(21)22/h2-9,20H,10-14H2,1H3,(H,23,26). The number of nitrogens with zero attached hydrogens (tertiary/aromatic N) is 2. The second-order valence-electron chi connectivity index (χ2n) is 6.93. The molecule has 2 aromatic carbocycles. The summed E-state index contributed by atoms with van der Waals surface area (Å²) < 4.78 is 48.2.